The average molecular weight is 225 g/mol. The summed E-state index contributed by atoms with van der Waals surface area (Å²) in [6.45, 7) is 0.0198. The molecule has 0 radical (unpaired) electrons. The van der Waals surface area contributed by atoms with Gasteiger partial charge in [-0.05, 0) is 12.5 Å². The van der Waals surface area contributed by atoms with E-state index in [0.29, 0.717) is 12.0 Å². The van der Waals surface area contributed by atoms with Crippen molar-refractivity contribution < 1.29 is 9.52 Å². The Labute approximate surface area is 89.9 Å². The first-order chi connectivity index (χ1) is 7.22. The van der Waals surface area contributed by atoms with Crippen molar-refractivity contribution in [2.75, 3.05) is 6.61 Å². The van der Waals surface area contributed by atoms with Crippen molar-refractivity contribution in [1.29, 1.82) is 0 Å². The smallest absolute Gasteiger partial charge is 0.396 e. The van der Waals surface area contributed by atoms with Crippen LogP contribution in [0.2, 0.25) is 0 Å². The molecule has 80 valence electrons. The molecule has 4 nitrogen and oxygen atoms in total. The predicted molar refractivity (Wildman–Crippen MR) is 59.0 cm³/mol. The zero-order valence-corrected chi connectivity index (χ0v) is 8.79. The largest absolute Gasteiger partial charge is 0.414 e. The number of para-hydroxylation sites is 1. The van der Waals surface area contributed by atoms with E-state index in [1.54, 1.807) is 0 Å². The summed E-state index contributed by atoms with van der Waals surface area (Å²) < 4.78 is 5.86. The highest BCUT2D eigenvalue weighted by atomic mass is 32.1. The second kappa shape index (κ2) is 4.14. The van der Waals surface area contributed by atoms with Crippen LogP contribution in [0.25, 0.3) is 10.3 Å². The Kier molecular flexibility index (Phi) is 2.86. The van der Waals surface area contributed by atoms with Gasteiger partial charge in [0, 0.05) is 18.2 Å². The van der Waals surface area contributed by atoms with E-state index in [4.69, 9.17) is 15.3 Å². The standard InChI is InChI=1S/C10H11NO3S/c11-7(4-5-12)6-2-1-3-8-9(6)14-10(13)15-8/h1-3,7,12H,4-5,11H2. The summed E-state index contributed by atoms with van der Waals surface area (Å²) in [5.41, 5.74) is 7.19. The monoisotopic (exact) mass is 225 g/mol. The van der Waals surface area contributed by atoms with Crippen LogP contribution in [0.3, 0.4) is 0 Å². The first kappa shape index (κ1) is 10.4. The van der Waals surface area contributed by atoms with Gasteiger partial charge < -0.3 is 15.3 Å². The van der Waals surface area contributed by atoms with Crippen LogP contribution < -0.4 is 10.7 Å². The van der Waals surface area contributed by atoms with Gasteiger partial charge in [0.15, 0.2) is 5.58 Å². The third kappa shape index (κ3) is 1.94. The molecular weight excluding hydrogens is 214 g/mol. The van der Waals surface area contributed by atoms with Crippen LogP contribution in [-0.4, -0.2) is 11.7 Å². The van der Waals surface area contributed by atoms with Gasteiger partial charge in [0.1, 0.15) is 0 Å². The molecule has 0 aliphatic carbocycles. The molecule has 2 aromatic rings. The van der Waals surface area contributed by atoms with Gasteiger partial charge in [-0.15, -0.1) is 0 Å². The SMILES string of the molecule is NC(CCO)c1cccc2sc(=O)oc12. The quantitative estimate of drug-likeness (QED) is 0.823. The van der Waals surface area contributed by atoms with Crippen LogP contribution in [0, 0.1) is 0 Å². The minimum atomic E-state index is -0.325. The fraction of sp³-hybridized carbons (Fsp3) is 0.300. The third-order valence-electron chi connectivity index (χ3n) is 2.23. The van der Waals surface area contributed by atoms with Gasteiger partial charge in [0.2, 0.25) is 0 Å². The zero-order chi connectivity index (χ0) is 10.8. The number of rotatable bonds is 3. The Bertz CT molecular complexity index is 517. The summed E-state index contributed by atoms with van der Waals surface area (Å²) in [5.74, 6) is 0. The lowest BCUT2D eigenvalue weighted by atomic mass is 10.0. The predicted octanol–water partition coefficient (Wildman–Crippen LogP) is 1.24. The number of fused-ring (bicyclic) bond motifs is 1. The molecular formula is C10H11NO3S. The molecule has 1 aromatic carbocycles. The molecule has 0 amide bonds. The number of hydrogen-bond donors (Lipinski definition) is 2. The summed E-state index contributed by atoms with van der Waals surface area (Å²) in [6, 6.07) is 5.18. The highest BCUT2D eigenvalue weighted by Gasteiger charge is 2.13. The lowest BCUT2D eigenvalue weighted by Gasteiger charge is -2.09. The summed E-state index contributed by atoms with van der Waals surface area (Å²) in [5, 5.41) is 8.81. The molecule has 2 rings (SSSR count). The number of nitrogens with two attached hydrogens (primary N) is 1. The van der Waals surface area contributed by atoms with Gasteiger partial charge >= 0.3 is 4.94 Å². The maximum atomic E-state index is 11.1. The number of aliphatic hydroxyl groups is 1. The minimum absolute atomic E-state index is 0.0198. The van der Waals surface area contributed by atoms with Crippen molar-refractivity contribution in [2.24, 2.45) is 5.73 Å². The van der Waals surface area contributed by atoms with Crippen molar-refractivity contribution >= 4 is 21.6 Å². The summed E-state index contributed by atoms with van der Waals surface area (Å²) in [4.78, 5) is 10.8. The maximum Gasteiger partial charge on any atom is 0.396 e. The van der Waals surface area contributed by atoms with E-state index >= 15 is 0 Å². The van der Waals surface area contributed by atoms with E-state index in [0.717, 1.165) is 21.6 Å². The Hall–Kier alpha value is -1.17. The molecule has 1 aromatic heterocycles. The van der Waals surface area contributed by atoms with Gasteiger partial charge in [0.25, 0.3) is 0 Å². The first-order valence-corrected chi connectivity index (χ1v) is 5.43. The van der Waals surface area contributed by atoms with Crippen molar-refractivity contribution in [3.05, 3.63) is 33.5 Å². The molecule has 0 saturated heterocycles. The Balaban J connectivity index is 2.54. The van der Waals surface area contributed by atoms with Crippen molar-refractivity contribution in [2.45, 2.75) is 12.5 Å². The van der Waals surface area contributed by atoms with E-state index in [1.807, 2.05) is 18.2 Å². The van der Waals surface area contributed by atoms with Crippen LogP contribution in [0.5, 0.6) is 0 Å². The summed E-state index contributed by atoms with van der Waals surface area (Å²) in [7, 11) is 0. The Morgan fingerprint density at radius 2 is 2.33 bits per heavy atom. The molecule has 1 heterocycles. The van der Waals surface area contributed by atoms with Gasteiger partial charge in [-0.25, -0.2) is 4.79 Å². The number of hydrogen-bond acceptors (Lipinski definition) is 5. The molecule has 1 atom stereocenters. The van der Waals surface area contributed by atoms with Crippen molar-refractivity contribution in [3.8, 4) is 0 Å². The second-order valence-electron chi connectivity index (χ2n) is 3.25. The first-order valence-electron chi connectivity index (χ1n) is 4.61. The van der Waals surface area contributed by atoms with Crippen LogP contribution in [0.15, 0.2) is 27.4 Å². The Morgan fingerprint density at radius 1 is 1.53 bits per heavy atom. The molecule has 0 aliphatic heterocycles. The summed E-state index contributed by atoms with van der Waals surface area (Å²) in [6.07, 6.45) is 0.457. The average Bonchev–Trinajstić information content (AvgIpc) is 2.57. The van der Waals surface area contributed by atoms with Crippen LogP contribution in [0.1, 0.15) is 18.0 Å². The molecule has 1 unspecified atom stereocenters. The van der Waals surface area contributed by atoms with Gasteiger partial charge in [0.05, 0.1) is 4.70 Å². The van der Waals surface area contributed by atoms with E-state index in [9.17, 15) is 4.79 Å². The molecule has 3 N–H and O–H groups in total. The van der Waals surface area contributed by atoms with E-state index < -0.39 is 0 Å². The highest BCUT2D eigenvalue weighted by molar-refractivity contribution is 7.16. The fourth-order valence-electron chi connectivity index (χ4n) is 1.50. The van der Waals surface area contributed by atoms with Crippen LogP contribution in [-0.2, 0) is 0 Å². The molecule has 5 heteroatoms. The van der Waals surface area contributed by atoms with Crippen LogP contribution in [0.4, 0.5) is 0 Å². The van der Waals surface area contributed by atoms with E-state index in [2.05, 4.69) is 0 Å². The van der Waals surface area contributed by atoms with E-state index in [1.165, 1.54) is 0 Å². The topological polar surface area (TPSA) is 76.5 Å². The normalized spacial score (nSPS) is 13.2. The van der Waals surface area contributed by atoms with Crippen molar-refractivity contribution in [3.63, 3.8) is 0 Å². The Morgan fingerprint density at radius 3 is 3.07 bits per heavy atom. The second-order valence-corrected chi connectivity index (χ2v) is 4.22. The van der Waals surface area contributed by atoms with Crippen molar-refractivity contribution in [1.82, 2.24) is 0 Å². The zero-order valence-electron chi connectivity index (χ0n) is 7.97. The molecule has 0 bridgehead atoms. The van der Waals surface area contributed by atoms with Gasteiger partial charge in [-0.3, -0.25) is 0 Å². The van der Waals surface area contributed by atoms with Crippen LogP contribution >= 0.6 is 11.3 Å². The molecule has 0 aliphatic rings. The molecule has 0 spiro atoms. The molecule has 0 saturated carbocycles. The summed E-state index contributed by atoms with van der Waals surface area (Å²) >= 11 is 1.06. The number of benzene rings is 1. The third-order valence-corrected chi connectivity index (χ3v) is 3.02. The maximum absolute atomic E-state index is 11.1. The van der Waals surface area contributed by atoms with Gasteiger partial charge in [-0.1, -0.05) is 23.5 Å². The minimum Gasteiger partial charge on any atom is -0.414 e. The molecule has 0 fully saturated rings. The lowest BCUT2D eigenvalue weighted by Crippen LogP contribution is -2.12. The highest BCUT2D eigenvalue weighted by Crippen LogP contribution is 2.26. The van der Waals surface area contributed by atoms with Gasteiger partial charge in [-0.2, -0.15) is 0 Å². The number of aliphatic hydroxyl groups excluding tert-OH is 1. The molecule has 15 heavy (non-hydrogen) atoms. The fourth-order valence-corrected chi connectivity index (χ4v) is 2.21. The lowest BCUT2D eigenvalue weighted by molar-refractivity contribution is 0.276. The van der Waals surface area contributed by atoms with E-state index in [-0.39, 0.29) is 17.6 Å².